The Bertz CT molecular complexity index is 795. The van der Waals surface area contributed by atoms with Crippen molar-refractivity contribution < 1.29 is 4.79 Å². The number of amides is 1. The van der Waals surface area contributed by atoms with Gasteiger partial charge in [-0.3, -0.25) is 4.79 Å². The van der Waals surface area contributed by atoms with Gasteiger partial charge in [0.2, 0.25) is 0 Å². The van der Waals surface area contributed by atoms with Crippen LogP contribution in [0.5, 0.6) is 0 Å². The molecule has 3 aromatic rings. The minimum atomic E-state index is -0.0936. The molecule has 0 bridgehead atoms. The van der Waals surface area contributed by atoms with E-state index in [1.807, 2.05) is 91.0 Å². The molecule has 0 heterocycles. The standard InChI is InChI=1S/C22H19NO/c1-23-22(24)21(19-15-9-4-10-16-19)20(17-11-5-2-6-12-17)18-13-7-3-8-14-18/h2-16H,1H3,(H,23,24). The van der Waals surface area contributed by atoms with Crippen molar-refractivity contribution in [1.82, 2.24) is 5.32 Å². The fourth-order valence-electron chi connectivity index (χ4n) is 2.78. The van der Waals surface area contributed by atoms with E-state index in [0.29, 0.717) is 5.57 Å². The SMILES string of the molecule is CNC(=O)C(=C(c1ccccc1)c1ccccc1)c1ccccc1. The van der Waals surface area contributed by atoms with Gasteiger partial charge >= 0.3 is 0 Å². The number of hydrogen-bond acceptors (Lipinski definition) is 1. The van der Waals surface area contributed by atoms with Crippen molar-refractivity contribution >= 4 is 17.1 Å². The van der Waals surface area contributed by atoms with Crippen LogP contribution in [-0.4, -0.2) is 13.0 Å². The minimum absolute atomic E-state index is 0.0936. The average Bonchev–Trinajstić information content (AvgIpc) is 2.67. The molecule has 2 heteroatoms. The smallest absolute Gasteiger partial charge is 0.252 e. The lowest BCUT2D eigenvalue weighted by Gasteiger charge is -2.16. The van der Waals surface area contributed by atoms with E-state index >= 15 is 0 Å². The largest absolute Gasteiger partial charge is 0.355 e. The predicted molar refractivity (Wildman–Crippen MR) is 99.3 cm³/mol. The second-order valence-electron chi connectivity index (χ2n) is 5.43. The quantitative estimate of drug-likeness (QED) is 0.561. The first-order valence-electron chi connectivity index (χ1n) is 7.94. The van der Waals surface area contributed by atoms with Gasteiger partial charge in [-0.1, -0.05) is 91.0 Å². The molecule has 2 nitrogen and oxygen atoms in total. The highest BCUT2D eigenvalue weighted by atomic mass is 16.1. The van der Waals surface area contributed by atoms with Gasteiger partial charge in [-0.05, 0) is 16.7 Å². The molecule has 0 fully saturated rings. The third-order valence-corrected chi connectivity index (χ3v) is 3.89. The Morgan fingerprint density at radius 1 is 0.625 bits per heavy atom. The van der Waals surface area contributed by atoms with Gasteiger partial charge in [0, 0.05) is 12.6 Å². The zero-order valence-corrected chi connectivity index (χ0v) is 13.6. The molecule has 0 saturated heterocycles. The molecule has 3 rings (SSSR count). The molecular formula is C22H19NO. The van der Waals surface area contributed by atoms with Gasteiger partial charge < -0.3 is 5.32 Å². The van der Waals surface area contributed by atoms with Gasteiger partial charge in [0.1, 0.15) is 0 Å². The summed E-state index contributed by atoms with van der Waals surface area (Å²) < 4.78 is 0. The molecule has 0 atom stereocenters. The lowest BCUT2D eigenvalue weighted by atomic mass is 9.89. The summed E-state index contributed by atoms with van der Waals surface area (Å²) in [5.74, 6) is -0.0936. The number of carbonyl (C=O) groups excluding carboxylic acids is 1. The van der Waals surface area contributed by atoms with E-state index < -0.39 is 0 Å². The average molecular weight is 313 g/mol. The molecule has 0 spiro atoms. The van der Waals surface area contributed by atoms with Crippen molar-refractivity contribution in [3.8, 4) is 0 Å². The Morgan fingerprint density at radius 3 is 1.38 bits per heavy atom. The van der Waals surface area contributed by atoms with Gasteiger partial charge in [0.15, 0.2) is 0 Å². The molecule has 0 unspecified atom stereocenters. The summed E-state index contributed by atoms with van der Waals surface area (Å²) in [4.78, 5) is 12.7. The van der Waals surface area contributed by atoms with Gasteiger partial charge in [-0.2, -0.15) is 0 Å². The molecule has 0 aliphatic heterocycles. The molecule has 0 aliphatic carbocycles. The summed E-state index contributed by atoms with van der Waals surface area (Å²) in [5, 5.41) is 2.79. The van der Waals surface area contributed by atoms with Crippen molar-refractivity contribution in [3.05, 3.63) is 108 Å². The topological polar surface area (TPSA) is 29.1 Å². The lowest BCUT2D eigenvalue weighted by Crippen LogP contribution is -2.20. The summed E-state index contributed by atoms with van der Waals surface area (Å²) in [5.41, 5.74) is 4.55. The normalized spacial score (nSPS) is 10.0. The van der Waals surface area contributed by atoms with Gasteiger partial charge in [0.05, 0.1) is 5.57 Å². The zero-order valence-electron chi connectivity index (χ0n) is 13.6. The Labute approximate surface area is 142 Å². The number of likely N-dealkylation sites (N-methyl/N-ethyl adjacent to an activating group) is 1. The van der Waals surface area contributed by atoms with E-state index in [4.69, 9.17) is 0 Å². The monoisotopic (exact) mass is 313 g/mol. The van der Waals surface area contributed by atoms with E-state index in [1.54, 1.807) is 7.05 Å². The summed E-state index contributed by atoms with van der Waals surface area (Å²) in [6.45, 7) is 0. The molecule has 1 N–H and O–H groups in total. The van der Waals surface area contributed by atoms with Crippen LogP contribution in [0.15, 0.2) is 91.0 Å². The summed E-state index contributed by atoms with van der Waals surface area (Å²) in [7, 11) is 1.67. The van der Waals surface area contributed by atoms with E-state index in [9.17, 15) is 4.79 Å². The summed E-state index contributed by atoms with van der Waals surface area (Å²) in [6, 6.07) is 29.9. The molecule has 24 heavy (non-hydrogen) atoms. The molecule has 0 aliphatic rings. The van der Waals surface area contributed by atoms with Crippen LogP contribution in [0.4, 0.5) is 0 Å². The Kier molecular flexibility index (Phi) is 4.87. The van der Waals surface area contributed by atoms with Crippen LogP contribution in [0.1, 0.15) is 16.7 Å². The van der Waals surface area contributed by atoms with Crippen LogP contribution < -0.4 is 5.32 Å². The third-order valence-electron chi connectivity index (χ3n) is 3.89. The maximum atomic E-state index is 12.7. The first kappa shape index (κ1) is 15.8. The predicted octanol–water partition coefficient (Wildman–Crippen LogP) is 4.39. The fourth-order valence-corrected chi connectivity index (χ4v) is 2.78. The van der Waals surface area contributed by atoms with E-state index in [0.717, 1.165) is 22.3 Å². The first-order valence-corrected chi connectivity index (χ1v) is 7.94. The molecule has 0 radical (unpaired) electrons. The third kappa shape index (κ3) is 3.28. The van der Waals surface area contributed by atoms with Crippen molar-refractivity contribution in [3.63, 3.8) is 0 Å². The van der Waals surface area contributed by atoms with Crippen molar-refractivity contribution in [1.29, 1.82) is 0 Å². The Hall–Kier alpha value is -3.13. The fraction of sp³-hybridized carbons (Fsp3) is 0.0455. The Balaban J connectivity index is 2.35. The van der Waals surface area contributed by atoms with E-state index in [-0.39, 0.29) is 5.91 Å². The van der Waals surface area contributed by atoms with Crippen LogP contribution >= 0.6 is 0 Å². The van der Waals surface area contributed by atoms with Gasteiger partial charge in [0.25, 0.3) is 5.91 Å². The highest BCUT2D eigenvalue weighted by Gasteiger charge is 2.19. The summed E-state index contributed by atoms with van der Waals surface area (Å²) in [6.07, 6.45) is 0. The van der Waals surface area contributed by atoms with Crippen molar-refractivity contribution in [2.45, 2.75) is 0 Å². The highest BCUT2D eigenvalue weighted by Crippen LogP contribution is 2.32. The van der Waals surface area contributed by atoms with Crippen molar-refractivity contribution in [2.75, 3.05) is 7.05 Å². The van der Waals surface area contributed by atoms with Crippen molar-refractivity contribution in [2.24, 2.45) is 0 Å². The van der Waals surface area contributed by atoms with Gasteiger partial charge in [-0.25, -0.2) is 0 Å². The Morgan fingerprint density at radius 2 is 1.00 bits per heavy atom. The van der Waals surface area contributed by atoms with Crippen LogP contribution in [0.25, 0.3) is 11.1 Å². The zero-order chi connectivity index (χ0) is 16.8. The second kappa shape index (κ2) is 7.42. The number of carbonyl (C=O) groups is 1. The maximum Gasteiger partial charge on any atom is 0.252 e. The number of nitrogens with one attached hydrogen (secondary N) is 1. The summed E-state index contributed by atoms with van der Waals surface area (Å²) >= 11 is 0. The number of rotatable bonds is 4. The van der Waals surface area contributed by atoms with E-state index in [1.165, 1.54) is 0 Å². The number of benzene rings is 3. The van der Waals surface area contributed by atoms with Crippen LogP contribution in [0.3, 0.4) is 0 Å². The number of hydrogen-bond donors (Lipinski definition) is 1. The van der Waals surface area contributed by atoms with Gasteiger partial charge in [-0.15, -0.1) is 0 Å². The minimum Gasteiger partial charge on any atom is -0.355 e. The molecule has 3 aromatic carbocycles. The second-order valence-corrected chi connectivity index (χ2v) is 5.43. The van der Waals surface area contributed by atoms with Crippen LogP contribution in [-0.2, 0) is 4.79 Å². The van der Waals surface area contributed by atoms with Crippen LogP contribution in [0, 0.1) is 0 Å². The van der Waals surface area contributed by atoms with E-state index in [2.05, 4.69) is 5.32 Å². The molecule has 118 valence electrons. The molecule has 1 amide bonds. The maximum absolute atomic E-state index is 12.7. The highest BCUT2D eigenvalue weighted by molar-refractivity contribution is 6.28. The van der Waals surface area contributed by atoms with Crippen LogP contribution in [0.2, 0.25) is 0 Å². The lowest BCUT2D eigenvalue weighted by molar-refractivity contribution is -0.115. The molecule has 0 saturated carbocycles. The molecular weight excluding hydrogens is 294 g/mol. The molecule has 0 aromatic heterocycles. The first-order chi connectivity index (χ1) is 11.8.